The fraction of sp³-hybridized carbons (Fsp3) is 0.500. The summed E-state index contributed by atoms with van der Waals surface area (Å²) in [6.45, 7) is 1.79. The summed E-state index contributed by atoms with van der Waals surface area (Å²) in [5, 5.41) is 1.40. The Morgan fingerprint density at radius 1 is 1.50 bits per heavy atom. The molecule has 0 bridgehead atoms. The molecule has 0 spiro atoms. The minimum Gasteiger partial charge on any atom is -0.468 e. The number of carbonyl (C=O) groups is 1. The summed E-state index contributed by atoms with van der Waals surface area (Å²) in [6, 6.07) is 5.37. The first-order valence-corrected chi connectivity index (χ1v) is 8.25. The Labute approximate surface area is 133 Å². The molecule has 6 heteroatoms. The number of esters is 1. The molecule has 3 nitrogen and oxygen atoms in total. The third-order valence-electron chi connectivity index (χ3n) is 3.37. The molecule has 2 rings (SSSR count). The molecule has 0 N–H and O–H groups in total. The molecule has 0 aromatic heterocycles. The normalized spacial score (nSPS) is 19.2. The predicted octanol–water partition coefficient (Wildman–Crippen LogP) is 3.72. The van der Waals surface area contributed by atoms with Gasteiger partial charge in [0.15, 0.2) is 0 Å². The minimum absolute atomic E-state index is 0.0876. The molecule has 1 aromatic carbocycles. The lowest BCUT2D eigenvalue weighted by molar-refractivity contribution is -0.145. The monoisotopic (exact) mass is 333 g/mol. The molecule has 1 atom stereocenters. The number of methoxy groups -OCH3 is 1. The SMILES string of the molecule is COC(=O)C1CCCN1CCSc1cc(Cl)ccc1Cl. The maximum atomic E-state index is 11.6. The highest BCUT2D eigenvalue weighted by Crippen LogP contribution is 2.30. The summed E-state index contributed by atoms with van der Waals surface area (Å²) in [5.74, 6) is 0.737. The Bertz CT molecular complexity index is 484. The van der Waals surface area contributed by atoms with Gasteiger partial charge in [0.25, 0.3) is 0 Å². The molecule has 0 radical (unpaired) electrons. The Balaban J connectivity index is 1.86. The van der Waals surface area contributed by atoms with Crippen LogP contribution in [0.1, 0.15) is 12.8 Å². The van der Waals surface area contributed by atoms with Gasteiger partial charge in [-0.2, -0.15) is 0 Å². The summed E-state index contributed by atoms with van der Waals surface area (Å²) in [6.07, 6.45) is 1.93. The number of carbonyl (C=O) groups excluding carboxylic acids is 1. The van der Waals surface area contributed by atoms with E-state index in [0.717, 1.165) is 36.6 Å². The van der Waals surface area contributed by atoms with Crippen molar-refractivity contribution >= 4 is 40.9 Å². The van der Waals surface area contributed by atoms with E-state index in [1.807, 2.05) is 6.07 Å². The van der Waals surface area contributed by atoms with Crippen LogP contribution in [0.3, 0.4) is 0 Å². The molecule has 1 aliphatic rings. The van der Waals surface area contributed by atoms with Gasteiger partial charge in [-0.3, -0.25) is 9.69 Å². The Morgan fingerprint density at radius 3 is 3.05 bits per heavy atom. The fourth-order valence-electron chi connectivity index (χ4n) is 2.36. The van der Waals surface area contributed by atoms with Crippen LogP contribution >= 0.6 is 35.0 Å². The second-order valence-electron chi connectivity index (χ2n) is 4.64. The molecule has 1 saturated heterocycles. The number of benzene rings is 1. The van der Waals surface area contributed by atoms with Crippen molar-refractivity contribution in [3.8, 4) is 0 Å². The number of rotatable bonds is 5. The fourth-order valence-corrected chi connectivity index (χ4v) is 3.84. The summed E-state index contributed by atoms with van der Waals surface area (Å²) in [7, 11) is 1.44. The lowest BCUT2D eigenvalue weighted by atomic mass is 10.2. The second-order valence-corrected chi connectivity index (χ2v) is 6.62. The van der Waals surface area contributed by atoms with Gasteiger partial charge in [-0.25, -0.2) is 0 Å². The zero-order valence-corrected chi connectivity index (χ0v) is 13.6. The van der Waals surface area contributed by atoms with Gasteiger partial charge in [-0.05, 0) is 37.6 Å². The van der Waals surface area contributed by atoms with Crippen LogP contribution in [0.2, 0.25) is 10.0 Å². The predicted molar refractivity (Wildman–Crippen MR) is 83.8 cm³/mol. The first kappa shape index (κ1) is 16.0. The van der Waals surface area contributed by atoms with Crippen molar-refractivity contribution in [2.45, 2.75) is 23.8 Å². The van der Waals surface area contributed by atoms with Gasteiger partial charge in [-0.1, -0.05) is 23.2 Å². The third-order valence-corrected chi connectivity index (χ3v) is 5.08. The van der Waals surface area contributed by atoms with Gasteiger partial charge >= 0.3 is 5.97 Å². The lowest BCUT2D eigenvalue weighted by Crippen LogP contribution is -2.38. The smallest absolute Gasteiger partial charge is 0.323 e. The highest BCUT2D eigenvalue weighted by atomic mass is 35.5. The average Bonchev–Trinajstić information content (AvgIpc) is 2.90. The first-order chi connectivity index (χ1) is 9.61. The lowest BCUT2D eigenvalue weighted by Gasteiger charge is -2.21. The van der Waals surface area contributed by atoms with E-state index in [9.17, 15) is 4.79 Å². The molecule has 1 aromatic rings. The zero-order chi connectivity index (χ0) is 14.5. The maximum absolute atomic E-state index is 11.6. The Morgan fingerprint density at radius 2 is 2.30 bits per heavy atom. The van der Waals surface area contributed by atoms with E-state index in [4.69, 9.17) is 27.9 Å². The number of halogens is 2. The molecular formula is C14H17Cl2NO2S. The zero-order valence-electron chi connectivity index (χ0n) is 11.3. The van der Waals surface area contributed by atoms with Crippen LogP contribution in [-0.4, -0.2) is 42.9 Å². The molecule has 0 aliphatic carbocycles. The number of likely N-dealkylation sites (tertiary alicyclic amines) is 1. The van der Waals surface area contributed by atoms with Crippen LogP contribution < -0.4 is 0 Å². The number of hydrogen-bond donors (Lipinski definition) is 0. The second kappa shape index (κ2) is 7.55. The molecule has 0 amide bonds. The van der Waals surface area contributed by atoms with E-state index >= 15 is 0 Å². The van der Waals surface area contributed by atoms with Crippen LogP contribution in [0.25, 0.3) is 0 Å². The first-order valence-electron chi connectivity index (χ1n) is 6.51. The van der Waals surface area contributed by atoms with Crippen LogP contribution in [0, 0.1) is 0 Å². The van der Waals surface area contributed by atoms with Crippen molar-refractivity contribution in [2.24, 2.45) is 0 Å². The Kier molecular flexibility index (Phi) is 6.02. The van der Waals surface area contributed by atoms with Crippen LogP contribution in [-0.2, 0) is 9.53 Å². The van der Waals surface area contributed by atoms with Crippen LogP contribution in [0.4, 0.5) is 0 Å². The average molecular weight is 334 g/mol. The third kappa shape index (κ3) is 4.04. The van der Waals surface area contributed by atoms with Gasteiger partial charge < -0.3 is 4.74 Å². The molecule has 1 unspecified atom stereocenters. The standard InChI is InChI=1S/C14H17Cl2NO2S/c1-19-14(18)12-3-2-6-17(12)7-8-20-13-9-10(15)4-5-11(13)16/h4-5,9,12H,2-3,6-8H2,1H3. The summed E-state index contributed by atoms with van der Waals surface area (Å²) < 4.78 is 4.84. The summed E-state index contributed by atoms with van der Waals surface area (Å²) >= 11 is 13.7. The van der Waals surface area contributed by atoms with E-state index in [2.05, 4.69) is 4.90 Å². The van der Waals surface area contributed by atoms with Crippen molar-refractivity contribution in [2.75, 3.05) is 26.0 Å². The number of thioether (sulfide) groups is 1. The van der Waals surface area contributed by atoms with Gasteiger partial charge in [-0.15, -0.1) is 11.8 Å². The van der Waals surface area contributed by atoms with Crippen molar-refractivity contribution in [1.82, 2.24) is 4.90 Å². The van der Waals surface area contributed by atoms with Crippen LogP contribution in [0.5, 0.6) is 0 Å². The molecule has 110 valence electrons. The molecule has 1 aliphatic heterocycles. The highest BCUT2D eigenvalue weighted by Gasteiger charge is 2.30. The van der Waals surface area contributed by atoms with Gasteiger partial charge in [0, 0.05) is 22.2 Å². The largest absolute Gasteiger partial charge is 0.468 e. The van der Waals surface area contributed by atoms with E-state index < -0.39 is 0 Å². The highest BCUT2D eigenvalue weighted by molar-refractivity contribution is 7.99. The van der Waals surface area contributed by atoms with Crippen LogP contribution in [0.15, 0.2) is 23.1 Å². The van der Waals surface area contributed by atoms with E-state index in [-0.39, 0.29) is 12.0 Å². The Hall–Kier alpha value is -0.420. The number of ether oxygens (including phenoxy) is 1. The quantitative estimate of drug-likeness (QED) is 0.606. The van der Waals surface area contributed by atoms with Gasteiger partial charge in [0.2, 0.25) is 0 Å². The van der Waals surface area contributed by atoms with Crippen molar-refractivity contribution in [3.63, 3.8) is 0 Å². The van der Waals surface area contributed by atoms with E-state index in [1.165, 1.54) is 7.11 Å². The molecule has 20 heavy (non-hydrogen) atoms. The minimum atomic E-state index is -0.131. The number of nitrogens with zero attached hydrogens (tertiary/aromatic N) is 1. The topological polar surface area (TPSA) is 29.5 Å². The van der Waals surface area contributed by atoms with Crippen molar-refractivity contribution < 1.29 is 9.53 Å². The van der Waals surface area contributed by atoms with E-state index in [0.29, 0.717) is 10.0 Å². The molecular weight excluding hydrogens is 317 g/mol. The molecule has 1 heterocycles. The van der Waals surface area contributed by atoms with Gasteiger partial charge in [0.05, 0.1) is 12.1 Å². The van der Waals surface area contributed by atoms with Crippen molar-refractivity contribution in [1.29, 1.82) is 0 Å². The van der Waals surface area contributed by atoms with E-state index in [1.54, 1.807) is 23.9 Å². The summed E-state index contributed by atoms with van der Waals surface area (Å²) in [4.78, 5) is 14.8. The number of hydrogen-bond acceptors (Lipinski definition) is 4. The van der Waals surface area contributed by atoms with Crippen molar-refractivity contribution in [3.05, 3.63) is 28.2 Å². The maximum Gasteiger partial charge on any atom is 0.323 e. The molecule has 0 saturated carbocycles. The molecule has 1 fully saturated rings. The van der Waals surface area contributed by atoms with Gasteiger partial charge in [0.1, 0.15) is 6.04 Å². The summed E-state index contributed by atoms with van der Waals surface area (Å²) in [5.41, 5.74) is 0.